The zero-order valence-electron chi connectivity index (χ0n) is 13.2. The van der Waals surface area contributed by atoms with Crippen LogP contribution in [0, 0.1) is 17.2 Å². The highest BCUT2D eigenvalue weighted by Gasteiger charge is 2.23. The van der Waals surface area contributed by atoms with Gasteiger partial charge in [0.2, 0.25) is 5.91 Å². The fraction of sp³-hybridized carbons (Fsp3) is 0.444. The van der Waals surface area contributed by atoms with Gasteiger partial charge in [-0.15, -0.1) is 0 Å². The van der Waals surface area contributed by atoms with Crippen molar-refractivity contribution in [3.63, 3.8) is 0 Å². The van der Waals surface area contributed by atoms with Crippen LogP contribution in [0.3, 0.4) is 0 Å². The molecule has 1 aliphatic rings. The molecule has 1 aromatic carbocycles. The lowest BCUT2D eigenvalue weighted by Crippen LogP contribution is -2.32. The Kier molecular flexibility index (Phi) is 5.74. The van der Waals surface area contributed by atoms with Crippen molar-refractivity contribution >= 4 is 12.0 Å². The van der Waals surface area contributed by atoms with Crippen LogP contribution in [0.1, 0.15) is 31.4 Å². The Labute approximate surface area is 132 Å². The molecule has 1 aliphatic heterocycles. The van der Waals surface area contributed by atoms with Crippen LogP contribution < -0.4 is 5.32 Å². The molecule has 1 fully saturated rings. The van der Waals surface area contributed by atoms with Gasteiger partial charge in [-0.3, -0.25) is 4.79 Å². The Balaban J connectivity index is 1.76. The highest BCUT2D eigenvalue weighted by Crippen LogP contribution is 2.17. The Morgan fingerprint density at radius 3 is 2.77 bits per heavy atom. The van der Waals surface area contributed by atoms with E-state index in [1.165, 1.54) is 0 Å². The molecule has 22 heavy (non-hydrogen) atoms. The van der Waals surface area contributed by atoms with E-state index in [1.54, 1.807) is 24.3 Å². The number of nitrogens with zero attached hydrogens (tertiary/aromatic N) is 2. The molecule has 1 unspecified atom stereocenters. The lowest BCUT2D eigenvalue weighted by Gasteiger charge is -2.20. The lowest BCUT2D eigenvalue weighted by molar-refractivity contribution is -0.116. The Bertz CT molecular complexity index is 569. The molecular formula is C18H23N3O. The van der Waals surface area contributed by atoms with Crippen LogP contribution in [0.25, 0.3) is 6.08 Å². The molecule has 0 aliphatic carbocycles. The second-order valence-electron chi connectivity index (χ2n) is 6.06. The van der Waals surface area contributed by atoms with Crippen molar-refractivity contribution in [2.24, 2.45) is 5.92 Å². The number of hydrogen-bond acceptors (Lipinski definition) is 3. The maximum absolute atomic E-state index is 11.8. The number of likely N-dealkylation sites (tertiary alicyclic amines) is 1. The standard InChI is InChI=1S/C18H23N3O/c1-14(2)21-10-9-17(13-21)12-20-18(22)8-7-15-3-5-16(11-19)6-4-15/h3-8,14,17H,9-10,12-13H2,1-2H3,(H,20,22)/b8-7+. The van der Waals surface area contributed by atoms with E-state index in [4.69, 9.17) is 5.26 Å². The number of nitrogens with one attached hydrogen (secondary N) is 1. The molecule has 0 aromatic heterocycles. The largest absolute Gasteiger partial charge is 0.352 e. The first-order valence-corrected chi connectivity index (χ1v) is 7.78. The molecule has 0 saturated carbocycles. The van der Waals surface area contributed by atoms with Crippen LogP contribution in [-0.2, 0) is 4.79 Å². The smallest absolute Gasteiger partial charge is 0.244 e. The minimum Gasteiger partial charge on any atom is -0.352 e. The number of rotatable bonds is 5. The van der Waals surface area contributed by atoms with Gasteiger partial charge in [-0.05, 0) is 56.5 Å². The molecule has 116 valence electrons. The Morgan fingerprint density at radius 2 is 2.18 bits per heavy atom. The second-order valence-corrected chi connectivity index (χ2v) is 6.06. The Hall–Kier alpha value is -2.12. The molecule has 4 heteroatoms. The minimum absolute atomic E-state index is 0.0626. The summed E-state index contributed by atoms with van der Waals surface area (Å²) in [6.07, 6.45) is 4.47. The maximum Gasteiger partial charge on any atom is 0.244 e. The van der Waals surface area contributed by atoms with Gasteiger partial charge in [0, 0.05) is 25.2 Å². The number of carbonyl (C=O) groups excluding carboxylic acids is 1. The number of carbonyl (C=O) groups is 1. The van der Waals surface area contributed by atoms with E-state index in [0.29, 0.717) is 17.5 Å². The van der Waals surface area contributed by atoms with E-state index in [-0.39, 0.29) is 5.91 Å². The van der Waals surface area contributed by atoms with Crippen molar-refractivity contribution in [3.05, 3.63) is 41.5 Å². The van der Waals surface area contributed by atoms with Crippen LogP contribution in [-0.4, -0.2) is 36.5 Å². The van der Waals surface area contributed by atoms with E-state index in [0.717, 1.165) is 31.6 Å². The molecule has 1 N–H and O–H groups in total. The predicted octanol–water partition coefficient (Wildman–Crippen LogP) is 2.42. The van der Waals surface area contributed by atoms with Crippen molar-refractivity contribution in [3.8, 4) is 6.07 Å². The van der Waals surface area contributed by atoms with Crippen molar-refractivity contribution in [2.45, 2.75) is 26.3 Å². The van der Waals surface area contributed by atoms with Crippen molar-refractivity contribution in [2.75, 3.05) is 19.6 Å². The second kappa shape index (κ2) is 7.77. The van der Waals surface area contributed by atoms with E-state index >= 15 is 0 Å². The summed E-state index contributed by atoms with van der Waals surface area (Å²) in [6, 6.07) is 9.81. The van der Waals surface area contributed by atoms with Crippen molar-refractivity contribution < 1.29 is 4.79 Å². The summed E-state index contributed by atoms with van der Waals surface area (Å²) in [5.74, 6) is 0.488. The van der Waals surface area contributed by atoms with E-state index in [9.17, 15) is 4.79 Å². The summed E-state index contributed by atoms with van der Waals surface area (Å²) in [5.41, 5.74) is 1.54. The normalized spacial score (nSPS) is 18.7. The van der Waals surface area contributed by atoms with Gasteiger partial charge in [0.25, 0.3) is 0 Å². The van der Waals surface area contributed by atoms with Crippen molar-refractivity contribution in [1.82, 2.24) is 10.2 Å². The monoisotopic (exact) mass is 297 g/mol. The first-order valence-electron chi connectivity index (χ1n) is 7.78. The summed E-state index contributed by atoms with van der Waals surface area (Å²) in [4.78, 5) is 14.3. The van der Waals surface area contributed by atoms with E-state index in [2.05, 4.69) is 30.1 Å². The van der Waals surface area contributed by atoms with Crippen LogP contribution in [0.5, 0.6) is 0 Å². The van der Waals surface area contributed by atoms with Gasteiger partial charge in [-0.25, -0.2) is 0 Å². The maximum atomic E-state index is 11.8. The molecule has 0 bridgehead atoms. The third-order valence-electron chi connectivity index (χ3n) is 4.08. The third kappa shape index (κ3) is 4.71. The van der Waals surface area contributed by atoms with Crippen molar-refractivity contribution in [1.29, 1.82) is 5.26 Å². The highest BCUT2D eigenvalue weighted by molar-refractivity contribution is 5.91. The minimum atomic E-state index is -0.0626. The Morgan fingerprint density at radius 1 is 1.45 bits per heavy atom. The number of hydrogen-bond donors (Lipinski definition) is 1. The van der Waals surface area contributed by atoms with Gasteiger partial charge in [0.15, 0.2) is 0 Å². The number of benzene rings is 1. The van der Waals surface area contributed by atoms with Crippen LogP contribution in [0.15, 0.2) is 30.3 Å². The van der Waals surface area contributed by atoms with Gasteiger partial charge in [-0.2, -0.15) is 5.26 Å². The molecule has 0 radical (unpaired) electrons. The summed E-state index contributed by atoms with van der Waals surface area (Å²) in [5, 5.41) is 11.7. The van der Waals surface area contributed by atoms with Gasteiger partial charge in [0.05, 0.1) is 11.6 Å². The number of nitriles is 1. The molecule has 1 atom stereocenters. The predicted molar refractivity (Wildman–Crippen MR) is 88.0 cm³/mol. The first-order chi connectivity index (χ1) is 10.6. The molecule has 1 heterocycles. The molecular weight excluding hydrogens is 274 g/mol. The van der Waals surface area contributed by atoms with Gasteiger partial charge < -0.3 is 10.2 Å². The molecule has 4 nitrogen and oxygen atoms in total. The average Bonchev–Trinajstić information content (AvgIpc) is 3.00. The molecule has 1 amide bonds. The summed E-state index contributed by atoms with van der Waals surface area (Å²) in [6.45, 7) is 7.35. The van der Waals surface area contributed by atoms with Gasteiger partial charge >= 0.3 is 0 Å². The van der Waals surface area contributed by atoms with Crippen LogP contribution in [0.2, 0.25) is 0 Å². The SMILES string of the molecule is CC(C)N1CCC(CNC(=O)/C=C/c2ccc(C#N)cc2)C1. The van der Waals surface area contributed by atoms with Gasteiger partial charge in [0.1, 0.15) is 0 Å². The van der Waals surface area contributed by atoms with Gasteiger partial charge in [-0.1, -0.05) is 12.1 Å². The quantitative estimate of drug-likeness (QED) is 0.849. The lowest BCUT2D eigenvalue weighted by atomic mass is 10.1. The van der Waals surface area contributed by atoms with E-state index < -0.39 is 0 Å². The summed E-state index contributed by atoms with van der Waals surface area (Å²) in [7, 11) is 0. The molecule has 0 spiro atoms. The fourth-order valence-corrected chi connectivity index (χ4v) is 2.64. The zero-order valence-corrected chi connectivity index (χ0v) is 13.2. The fourth-order valence-electron chi connectivity index (χ4n) is 2.64. The molecule has 1 saturated heterocycles. The average molecular weight is 297 g/mol. The zero-order chi connectivity index (χ0) is 15.9. The highest BCUT2D eigenvalue weighted by atomic mass is 16.1. The molecule has 1 aromatic rings. The third-order valence-corrected chi connectivity index (χ3v) is 4.08. The summed E-state index contributed by atoms with van der Waals surface area (Å²) < 4.78 is 0. The topological polar surface area (TPSA) is 56.1 Å². The van der Waals surface area contributed by atoms with Crippen LogP contribution in [0.4, 0.5) is 0 Å². The van der Waals surface area contributed by atoms with E-state index in [1.807, 2.05) is 12.1 Å². The molecule has 2 rings (SSSR count). The van der Waals surface area contributed by atoms with Crippen LogP contribution >= 0.6 is 0 Å². The number of amides is 1. The first kappa shape index (κ1) is 16.3. The summed E-state index contributed by atoms with van der Waals surface area (Å²) >= 11 is 0.